The van der Waals surface area contributed by atoms with E-state index < -0.39 is 10.8 Å². The van der Waals surface area contributed by atoms with Gasteiger partial charge >= 0.3 is 0 Å². The molecule has 13 heavy (non-hydrogen) atoms. The third-order valence-electron chi connectivity index (χ3n) is 2.48. The standard InChI is InChI=1S/C8H13NO2S2/c1-3-5-4-8(5,6(10)13-2)9-7(11)12/h5H,3-4H2,1-2H3,(H2,9,11,12). The Morgan fingerprint density at radius 2 is 2.31 bits per heavy atom. The number of carbonyl (C=O) groups is 2. The molecule has 5 heteroatoms. The number of thioether (sulfide) groups is 1. The Hall–Kier alpha value is -0.160. The number of amides is 1. The molecule has 74 valence electrons. The summed E-state index contributed by atoms with van der Waals surface area (Å²) >= 11 is 4.80. The number of rotatable bonds is 3. The van der Waals surface area contributed by atoms with Gasteiger partial charge in [-0.05, 0) is 18.6 Å². The van der Waals surface area contributed by atoms with Crippen molar-refractivity contribution in [3.8, 4) is 0 Å². The molecule has 0 aromatic carbocycles. The fourth-order valence-electron chi connectivity index (χ4n) is 1.65. The first-order valence-electron chi connectivity index (χ1n) is 4.16. The van der Waals surface area contributed by atoms with Crippen molar-refractivity contribution in [1.82, 2.24) is 5.32 Å². The molecule has 1 fully saturated rings. The van der Waals surface area contributed by atoms with Crippen LogP contribution in [0.3, 0.4) is 0 Å². The summed E-state index contributed by atoms with van der Waals surface area (Å²) in [5.41, 5.74) is -0.604. The molecule has 1 aliphatic carbocycles. The smallest absolute Gasteiger partial charge is 0.276 e. The quantitative estimate of drug-likeness (QED) is 0.710. The van der Waals surface area contributed by atoms with Crippen LogP contribution in [0.4, 0.5) is 4.79 Å². The van der Waals surface area contributed by atoms with Gasteiger partial charge in [-0.1, -0.05) is 37.7 Å². The number of thiol groups is 1. The van der Waals surface area contributed by atoms with Crippen LogP contribution >= 0.6 is 24.4 Å². The molecule has 0 saturated heterocycles. The van der Waals surface area contributed by atoms with Gasteiger partial charge in [0.1, 0.15) is 5.54 Å². The molecule has 3 nitrogen and oxygen atoms in total. The van der Waals surface area contributed by atoms with Crippen molar-refractivity contribution < 1.29 is 9.59 Å². The van der Waals surface area contributed by atoms with E-state index in [1.165, 1.54) is 11.8 Å². The molecule has 0 bridgehead atoms. The molecule has 1 N–H and O–H groups in total. The summed E-state index contributed by atoms with van der Waals surface area (Å²) in [6.07, 6.45) is 3.41. The first kappa shape index (κ1) is 10.9. The lowest BCUT2D eigenvalue weighted by atomic mass is 10.2. The van der Waals surface area contributed by atoms with Crippen molar-refractivity contribution in [1.29, 1.82) is 0 Å². The Balaban J connectivity index is 2.68. The summed E-state index contributed by atoms with van der Waals surface area (Å²) in [5, 5.41) is 2.26. The summed E-state index contributed by atoms with van der Waals surface area (Å²) in [5.74, 6) is 0.295. The fourth-order valence-corrected chi connectivity index (χ4v) is 2.51. The zero-order valence-corrected chi connectivity index (χ0v) is 9.37. The molecule has 1 saturated carbocycles. The highest BCUT2D eigenvalue weighted by Gasteiger charge is 2.59. The van der Waals surface area contributed by atoms with Gasteiger partial charge in [0, 0.05) is 0 Å². The lowest BCUT2D eigenvalue weighted by molar-refractivity contribution is -0.113. The van der Waals surface area contributed by atoms with Crippen LogP contribution in [0, 0.1) is 5.92 Å². The van der Waals surface area contributed by atoms with E-state index in [1.807, 2.05) is 6.92 Å². The van der Waals surface area contributed by atoms with Crippen LogP contribution < -0.4 is 5.32 Å². The SMILES string of the molecule is CCC1CC1(NC(=O)S)C(=O)SC. The third kappa shape index (κ3) is 2.02. The topological polar surface area (TPSA) is 46.2 Å². The number of hydrogen-bond acceptors (Lipinski definition) is 3. The van der Waals surface area contributed by atoms with E-state index in [9.17, 15) is 9.59 Å². The van der Waals surface area contributed by atoms with Gasteiger partial charge in [-0.3, -0.25) is 9.59 Å². The van der Waals surface area contributed by atoms with Crippen molar-refractivity contribution in [3.05, 3.63) is 0 Å². The summed E-state index contributed by atoms with van der Waals surface area (Å²) in [4.78, 5) is 22.3. The second-order valence-electron chi connectivity index (χ2n) is 3.20. The predicted molar refractivity (Wildman–Crippen MR) is 57.2 cm³/mol. The van der Waals surface area contributed by atoms with Crippen LogP contribution in [0.5, 0.6) is 0 Å². The van der Waals surface area contributed by atoms with E-state index in [1.54, 1.807) is 6.26 Å². The van der Waals surface area contributed by atoms with Gasteiger partial charge in [-0.25, -0.2) is 0 Å². The fraction of sp³-hybridized carbons (Fsp3) is 0.750. The van der Waals surface area contributed by atoms with E-state index in [0.29, 0.717) is 5.92 Å². The van der Waals surface area contributed by atoms with E-state index in [2.05, 4.69) is 17.9 Å². The number of carbonyl (C=O) groups excluding carboxylic acids is 2. The molecule has 0 radical (unpaired) electrons. The third-order valence-corrected chi connectivity index (χ3v) is 3.32. The molecule has 1 amide bonds. The average molecular weight is 219 g/mol. The first-order chi connectivity index (χ1) is 6.06. The second kappa shape index (κ2) is 3.92. The Morgan fingerprint density at radius 1 is 1.69 bits per heavy atom. The maximum atomic E-state index is 11.5. The molecular weight excluding hydrogens is 206 g/mol. The highest BCUT2D eigenvalue weighted by Crippen LogP contribution is 2.48. The first-order valence-corrected chi connectivity index (χ1v) is 5.83. The average Bonchev–Trinajstić information content (AvgIpc) is 2.77. The molecule has 0 aromatic rings. The van der Waals surface area contributed by atoms with Gasteiger partial charge in [-0.2, -0.15) is 0 Å². The molecule has 2 unspecified atom stereocenters. The van der Waals surface area contributed by atoms with Crippen molar-refractivity contribution in [3.63, 3.8) is 0 Å². The van der Waals surface area contributed by atoms with Crippen LogP contribution in [0.15, 0.2) is 0 Å². The van der Waals surface area contributed by atoms with Crippen LogP contribution in [0.2, 0.25) is 0 Å². The molecule has 0 aliphatic heterocycles. The maximum absolute atomic E-state index is 11.5. The molecule has 1 aliphatic rings. The zero-order valence-electron chi connectivity index (χ0n) is 7.66. The van der Waals surface area contributed by atoms with Crippen molar-refractivity contribution in [2.75, 3.05) is 6.26 Å². The summed E-state index contributed by atoms with van der Waals surface area (Å²) < 4.78 is 0. The normalized spacial score (nSPS) is 31.2. The van der Waals surface area contributed by atoms with Crippen molar-refractivity contribution >= 4 is 34.7 Å². The molecule has 0 aromatic heterocycles. The maximum Gasteiger partial charge on any atom is 0.276 e. The lowest BCUT2D eigenvalue weighted by Gasteiger charge is -2.14. The van der Waals surface area contributed by atoms with Gasteiger partial charge in [0.25, 0.3) is 5.24 Å². The Labute approximate surface area is 87.4 Å². The minimum atomic E-state index is -0.604. The van der Waals surface area contributed by atoms with Crippen LogP contribution in [-0.2, 0) is 4.79 Å². The molecule has 2 atom stereocenters. The molecule has 0 heterocycles. The minimum Gasteiger partial charge on any atom is -0.333 e. The van der Waals surface area contributed by atoms with E-state index >= 15 is 0 Å². The van der Waals surface area contributed by atoms with Gasteiger partial charge < -0.3 is 5.32 Å². The van der Waals surface area contributed by atoms with Gasteiger partial charge in [-0.15, -0.1) is 0 Å². The predicted octanol–water partition coefficient (Wildman–Crippen LogP) is 1.68. The Kier molecular flexibility index (Phi) is 3.29. The number of nitrogens with one attached hydrogen (secondary N) is 1. The van der Waals surface area contributed by atoms with Gasteiger partial charge in [0.05, 0.1) is 0 Å². The monoisotopic (exact) mass is 219 g/mol. The highest BCUT2D eigenvalue weighted by atomic mass is 32.2. The largest absolute Gasteiger partial charge is 0.333 e. The van der Waals surface area contributed by atoms with E-state index in [0.717, 1.165) is 12.8 Å². The van der Waals surface area contributed by atoms with Crippen LogP contribution in [-0.4, -0.2) is 22.1 Å². The lowest BCUT2D eigenvalue weighted by Crippen LogP contribution is -2.41. The molecular formula is C8H13NO2S2. The summed E-state index contributed by atoms with van der Waals surface area (Å²) in [6.45, 7) is 2.02. The highest BCUT2D eigenvalue weighted by molar-refractivity contribution is 8.13. The van der Waals surface area contributed by atoms with Crippen molar-refractivity contribution in [2.24, 2.45) is 5.92 Å². The van der Waals surface area contributed by atoms with E-state index in [-0.39, 0.29) is 5.12 Å². The number of hydrogen-bond donors (Lipinski definition) is 2. The van der Waals surface area contributed by atoms with Crippen LogP contribution in [0.1, 0.15) is 19.8 Å². The summed E-state index contributed by atoms with van der Waals surface area (Å²) in [7, 11) is 0. The minimum absolute atomic E-state index is 0.0433. The second-order valence-corrected chi connectivity index (χ2v) is 4.39. The van der Waals surface area contributed by atoms with E-state index in [4.69, 9.17) is 0 Å². The summed E-state index contributed by atoms with van der Waals surface area (Å²) in [6, 6.07) is 0. The Morgan fingerprint density at radius 3 is 2.62 bits per heavy atom. The van der Waals surface area contributed by atoms with Crippen LogP contribution in [0.25, 0.3) is 0 Å². The van der Waals surface area contributed by atoms with Gasteiger partial charge in [0.2, 0.25) is 5.12 Å². The Bertz CT molecular complexity index is 244. The van der Waals surface area contributed by atoms with Gasteiger partial charge in [0.15, 0.2) is 0 Å². The molecule has 0 spiro atoms. The molecule has 1 rings (SSSR count). The zero-order chi connectivity index (χ0) is 10.1. The van der Waals surface area contributed by atoms with Crippen molar-refractivity contribution in [2.45, 2.75) is 25.3 Å².